The van der Waals surface area contributed by atoms with Gasteiger partial charge >= 0.3 is 0 Å². The van der Waals surface area contributed by atoms with Crippen LogP contribution in [0.4, 0.5) is 0 Å². The zero-order valence-electron chi connectivity index (χ0n) is 19.3. The Balaban J connectivity index is 1.27. The van der Waals surface area contributed by atoms with Crippen LogP contribution < -0.4 is 10.6 Å². The van der Waals surface area contributed by atoms with Gasteiger partial charge in [-0.05, 0) is 54.9 Å². The Hall–Kier alpha value is -3.21. The van der Waals surface area contributed by atoms with E-state index in [0.29, 0.717) is 10.6 Å². The first-order valence-corrected chi connectivity index (χ1v) is 12.6. The molecule has 2 amide bonds. The molecule has 7 heteroatoms. The van der Waals surface area contributed by atoms with Crippen LogP contribution in [0.15, 0.2) is 36.4 Å². The van der Waals surface area contributed by atoms with Gasteiger partial charge in [-0.2, -0.15) is 0 Å². The molecule has 6 nitrogen and oxygen atoms in total. The molecule has 0 radical (unpaired) electrons. The van der Waals surface area contributed by atoms with E-state index < -0.39 is 0 Å². The summed E-state index contributed by atoms with van der Waals surface area (Å²) in [5.74, 6) is 2.38. The number of hydrogen-bond donors (Lipinski definition) is 2. The first-order chi connectivity index (χ1) is 16.5. The quantitative estimate of drug-likeness (QED) is 0.568. The van der Waals surface area contributed by atoms with Crippen LogP contribution in [0.5, 0.6) is 0 Å². The number of hydrogen-bond acceptors (Lipinski definition) is 5. The minimum Gasteiger partial charge on any atom is -0.347 e. The molecule has 2 aromatic carbocycles. The van der Waals surface area contributed by atoms with Crippen LogP contribution in [-0.4, -0.2) is 47.4 Å². The van der Waals surface area contributed by atoms with Crippen molar-refractivity contribution in [3.8, 4) is 12.3 Å². The molecule has 0 unspecified atom stereocenters. The minimum atomic E-state index is -0.136. The van der Waals surface area contributed by atoms with E-state index in [0.717, 1.165) is 67.2 Å². The summed E-state index contributed by atoms with van der Waals surface area (Å²) in [5.41, 5.74) is 2.47. The van der Waals surface area contributed by atoms with Crippen molar-refractivity contribution in [1.29, 1.82) is 0 Å². The zero-order chi connectivity index (χ0) is 23.7. The molecule has 174 valence electrons. The highest BCUT2D eigenvalue weighted by atomic mass is 32.1. The van der Waals surface area contributed by atoms with Gasteiger partial charge in [0, 0.05) is 47.6 Å². The molecule has 3 aromatic rings. The molecule has 2 N–H and O–H groups in total. The first kappa shape index (κ1) is 22.6. The van der Waals surface area contributed by atoms with Crippen LogP contribution >= 0.6 is 11.3 Å². The zero-order valence-corrected chi connectivity index (χ0v) is 20.1. The van der Waals surface area contributed by atoms with Crippen molar-refractivity contribution in [2.75, 3.05) is 13.6 Å². The molecular weight excluding hydrogens is 444 g/mol. The molecule has 1 aliphatic carbocycles. The monoisotopic (exact) mass is 472 g/mol. The molecule has 0 spiro atoms. The van der Waals surface area contributed by atoms with Crippen LogP contribution in [-0.2, 0) is 13.0 Å². The van der Waals surface area contributed by atoms with Gasteiger partial charge in [-0.25, -0.2) is 4.98 Å². The Morgan fingerprint density at radius 1 is 1.06 bits per heavy atom. The number of carbonyl (C=O) groups excluding carboxylic acids is 2. The topological polar surface area (TPSA) is 74.3 Å². The lowest BCUT2D eigenvalue weighted by molar-refractivity contribution is 0.0862. The first-order valence-electron chi connectivity index (χ1n) is 11.8. The van der Waals surface area contributed by atoms with Crippen molar-refractivity contribution in [3.63, 3.8) is 0 Å². The predicted molar refractivity (Wildman–Crippen MR) is 135 cm³/mol. The molecule has 34 heavy (non-hydrogen) atoms. The number of nitrogens with zero attached hydrogens (tertiary/aromatic N) is 2. The number of carbonyl (C=O) groups is 2. The minimum absolute atomic E-state index is 0.104. The Labute approximate surface area is 203 Å². The second-order valence-electron chi connectivity index (χ2n) is 9.24. The van der Waals surface area contributed by atoms with E-state index in [-0.39, 0.29) is 23.9 Å². The van der Waals surface area contributed by atoms with Gasteiger partial charge in [0.2, 0.25) is 0 Å². The van der Waals surface area contributed by atoms with E-state index >= 15 is 0 Å². The number of aromatic nitrogens is 1. The second-order valence-corrected chi connectivity index (χ2v) is 10.3. The lowest BCUT2D eigenvalue weighted by Gasteiger charge is -2.32. The van der Waals surface area contributed by atoms with Gasteiger partial charge in [-0.15, -0.1) is 17.8 Å². The molecule has 2 aliphatic rings. The number of thiazole rings is 1. The van der Waals surface area contributed by atoms with Gasteiger partial charge in [-0.3, -0.25) is 9.59 Å². The van der Waals surface area contributed by atoms with Crippen LogP contribution in [0.3, 0.4) is 0 Å². The number of benzene rings is 2. The summed E-state index contributed by atoms with van der Waals surface area (Å²) in [6, 6.07) is 11.2. The van der Waals surface area contributed by atoms with E-state index in [1.165, 1.54) is 16.2 Å². The van der Waals surface area contributed by atoms with Crippen LogP contribution in [0, 0.1) is 12.3 Å². The van der Waals surface area contributed by atoms with Crippen molar-refractivity contribution in [2.24, 2.45) is 0 Å². The van der Waals surface area contributed by atoms with Gasteiger partial charge in [0.15, 0.2) is 5.01 Å². The SMILES string of the molecule is C#Cc1ccc2cc(C(=O)N[C@H]3CCCC[C@H]3NC(=O)c3nc4c(s3)CN(C)CC4)ccc2c1. The summed E-state index contributed by atoms with van der Waals surface area (Å²) in [4.78, 5) is 34.1. The van der Waals surface area contributed by atoms with Crippen molar-refractivity contribution in [3.05, 3.63) is 63.1 Å². The van der Waals surface area contributed by atoms with E-state index in [9.17, 15) is 9.59 Å². The molecule has 1 aliphatic heterocycles. The number of likely N-dealkylation sites (N-methyl/N-ethyl adjacent to an activating group) is 1. The summed E-state index contributed by atoms with van der Waals surface area (Å²) < 4.78 is 0. The van der Waals surface area contributed by atoms with Gasteiger partial charge in [0.1, 0.15) is 0 Å². The third kappa shape index (κ3) is 4.70. The smallest absolute Gasteiger partial charge is 0.280 e. The number of amides is 2. The van der Waals surface area contributed by atoms with Crippen molar-refractivity contribution < 1.29 is 9.59 Å². The highest BCUT2D eigenvalue weighted by Crippen LogP contribution is 2.26. The summed E-state index contributed by atoms with van der Waals surface area (Å²) >= 11 is 1.49. The Bertz CT molecular complexity index is 1290. The van der Waals surface area contributed by atoms with Crippen LogP contribution in [0.1, 0.15) is 62.0 Å². The van der Waals surface area contributed by atoms with E-state index in [1.807, 2.05) is 36.4 Å². The Kier molecular flexibility index (Phi) is 6.36. The maximum Gasteiger partial charge on any atom is 0.280 e. The maximum absolute atomic E-state index is 13.1. The van der Waals surface area contributed by atoms with Gasteiger partial charge in [-0.1, -0.05) is 30.9 Å². The fourth-order valence-corrected chi connectivity index (χ4v) is 5.95. The average molecular weight is 473 g/mol. The second kappa shape index (κ2) is 9.57. The fourth-order valence-electron chi connectivity index (χ4n) is 4.86. The van der Waals surface area contributed by atoms with Gasteiger partial charge in [0.25, 0.3) is 11.8 Å². The summed E-state index contributed by atoms with van der Waals surface area (Å²) in [6.07, 6.45) is 10.1. The van der Waals surface area contributed by atoms with E-state index in [4.69, 9.17) is 6.42 Å². The molecule has 1 saturated carbocycles. The largest absolute Gasteiger partial charge is 0.347 e. The lowest BCUT2D eigenvalue weighted by atomic mass is 9.90. The lowest BCUT2D eigenvalue weighted by Crippen LogP contribution is -2.53. The highest BCUT2D eigenvalue weighted by Gasteiger charge is 2.30. The van der Waals surface area contributed by atoms with Crippen LogP contribution in [0.25, 0.3) is 10.8 Å². The molecule has 2 heterocycles. The Morgan fingerprint density at radius 2 is 1.76 bits per heavy atom. The average Bonchev–Trinajstić information content (AvgIpc) is 3.28. The normalized spacial score (nSPS) is 20.4. The van der Waals surface area contributed by atoms with Gasteiger partial charge in [0.05, 0.1) is 5.69 Å². The van der Waals surface area contributed by atoms with E-state index in [2.05, 4.69) is 33.5 Å². The molecular formula is C27H28N4O2S. The number of rotatable bonds is 4. The van der Waals surface area contributed by atoms with Crippen LogP contribution in [0.2, 0.25) is 0 Å². The standard InChI is InChI=1S/C27H28N4O2S/c1-3-17-8-9-19-15-20(11-10-18(19)14-17)25(32)28-21-6-4-5-7-22(21)29-26(33)27-30-23-12-13-31(2)16-24(23)34-27/h1,8-11,14-15,21-22H,4-7,12-13,16H2,2H3,(H,28,32)(H,29,33)/t21-,22+/m0/s1. The fraction of sp³-hybridized carbons (Fsp3) is 0.370. The van der Waals surface area contributed by atoms with Gasteiger partial charge < -0.3 is 15.5 Å². The number of nitrogens with one attached hydrogen (secondary N) is 2. The summed E-state index contributed by atoms with van der Waals surface area (Å²) in [5, 5.41) is 8.84. The van der Waals surface area contributed by atoms with Crippen molar-refractivity contribution in [2.45, 2.75) is 50.7 Å². The number of fused-ring (bicyclic) bond motifs is 2. The third-order valence-corrected chi connectivity index (χ3v) is 7.87. The van der Waals surface area contributed by atoms with E-state index in [1.54, 1.807) is 0 Å². The summed E-state index contributed by atoms with van der Waals surface area (Å²) in [7, 11) is 2.09. The molecule has 1 fully saturated rings. The van der Waals surface area contributed by atoms with Crippen molar-refractivity contribution >= 4 is 33.9 Å². The Morgan fingerprint density at radius 3 is 2.53 bits per heavy atom. The predicted octanol–water partition coefficient (Wildman–Crippen LogP) is 3.74. The number of terminal acetylenes is 1. The molecule has 0 saturated heterocycles. The molecule has 1 aromatic heterocycles. The highest BCUT2D eigenvalue weighted by molar-refractivity contribution is 7.13. The van der Waals surface area contributed by atoms with Crippen molar-refractivity contribution in [1.82, 2.24) is 20.5 Å². The molecule has 2 atom stereocenters. The maximum atomic E-state index is 13.1. The summed E-state index contributed by atoms with van der Waals surface area (Å²) in [6.45, 7) is 1.81. The molecule has 5 rings (SSSR count). The molecule has 0 bridgehead atoms. The third-order valence-electron chi connectivity index (χ3n) is 6.78.